The summed E-state index contributed by atoms with van der Waals surface area (Å²) in [7, 11) is 0. The Kier molecular flexibility index (Phi) is 53.5. The van der Waals surface area contributed by atoms with Gasteiger partial charge in [-0.05, 0) is 65.2 Å². The molecule has 0 atom stereocenters. The van der Waals surface area contributed by atoms with Crippen molar-refractivity contribution in [3.63, 3.8) is 0 Å². The van der Waals surface area contributed by atoms with E-state index in [9.17, 15) is 0 Å². The Balaban J connectivity index is 3.08. The summed E-state index contributed by atoms with van der Waals surface area (Å²) in [4.78, 5) is 0. The highest BCUT2D eigenvalue weighted by atomic mass is 14.0. The van der Waals surface area contributed by atoms with E-state index in [1.165, 1.54) is 308 Å². The molecule has 0 radical (unpaired) electrons. The molecular formula is C56H108. The summed E-state index contributed by atoms with van der Waals surface area (Å²) in [6, 6.07) is 0. The smallest absolute Gasteiger partial charge is 0.0351 e. The average Bonchev–Trinajstić information content (AvgIpc) is 3.21. The van der Waals surface area contributed by atoms with Crippen LogP contribution in [-0.4, -0.2) is 0 Å². The van der Waals surface area contributed by atoms with Crippen LogP contribution in [0.2, 0.25) is 0 Å². The van der Waals surface area contributed by atoms with Crippen LogP contribution in [0.5, 0.6) is 0 Å². The topological polar surface area (TPSA) is 0 Å². The monoisotopic (exact) mass is 781 g/mol. The molecule has 0 saturated heterocycles. The van der Waals surface area contributed by atoms with E-state index < -0.39 is 0 Å². The molecule has 0 bridgehead atoms. The Bertz CT molecular complexity index is 741. The molecule has 0 aliphatic heterocycles. The molecule has 0 heterocycles. The van der Waals surface area contributed by atoms with Crippen molar-refractivity contribution in [2.75, 3.05) is 0 Å². The van der Waals surface area contributed by atoms with E-state index in [1.807, 2.05) is 0 Å². The molecule has 0 aliphatic rings. The molecule has 0 aromatic rings. The summed E-state index contributed by atoms with van der Waals surface area (Å²) in [6.45, 7) is 4.26. The van der Waals surface area contributed by atoms with Crippen LogP contribution in [0.1, 0.15) is 322 Å². The van der Waals surface area contributed by atoms with Crippen LogP contribution in [0.15, 0.2) is 36.5 Å². The fourth-order valence-corrected chi connectivity index (χ4v) is 8.69. The van der Waals surface area contributed by atoms with Gasteiger partial charge in [0.15, 0.2) is 0 Å². The SMILES string of the molecule is CC=CCCCCCCC=CCCCCCCCCCCCCCCCCCCCCCCCCCCCCCCCCCCCCCCCCCCC=CC. The van der Waals surface area contributed by atoms with Gasteiger partial charge in [-0.2, -0.15) is 0 Å². The Morgan fingerprint density at radius 1 is 0.143 bits per heavy atom. The first kappa shape index (κ1) is 55.2. The molecule has 0 unspecified atom stereocenters. The van der Waals surface area contributed by atoms with Crippen LogP contribution < -0.4 is 0 Å². The Morgan fingerprint density at radius 3 is 0.375 bits per heavy atom. The molecule has 0 nitrogen and oxygen atoms in total. The van der Waals surface area contributed by atoms with E-state index in [1.54, 1.807) is 0 Å². The predicted molar refractivity (Wildman–Crippen MR) is 260 cm³/mol. The van der Waals surface area contributed by atoms with Gasteiger partial charge in [0, 0.05) is 0 Å². The maximum absolute atomic E-state index is 2.45. The maximum atomic E-state index is 2.45. The van der Waals surface area contributed by atoms with Gasteiger partial charge in [-0.1, -0.05) is 293 Å². The van der Waals surface area contributed by atoms with Gasteiger partial charge >= 0.3 is 0 Å². The number of rotatable bonds is 50. The number of allylic oxidation sites excluding steroid dienone is 6. The zero-order chi connectivity index (χ0) is 40.2. The van der Waals surface area contributed by atoms with E-state index in [0.29, 0.717) is 0 Å². The summed E-state index contributed by atoms with van der Waals surface area (Å²) in [6.07, 6.45) is 83.7. The minimum Gasteiger partial charge on any atom is -0.0917 e. The third-order valence-electron chi connectivity index (χ3n) is 12.6. The summed E-state index contributed by atoms with van der Waals surface area (Å²) >= 11 is 0. The molecule has 56 heavy (non-hydrogen) atoms. The first-order valence-corrected chi connectivity index (χ1v) is 26.8. The van der Waals surface area contributed by atoms with Crippen LogP contribution in [0.4, 0.5) is 0 Å². The predicted octanol–water partition coefficient (Wildman–Crippen LogP) is 21.4. The van der Waals surface area contributed by atoms with Gasteiger partial charge in [0.1, 0.15) is 0 Å². The molecule has 0 spiro atoms. The minimum absolute atomic E-state index is 1.27. The zero-order valence-corrected chi connectivity index (χ0v) is 39.4. The first-order valence-electron chi connectivity index (χ1n) is 26.8. The molecule has 0 fully saturated rings. The van der Waals surface area contributed by atoms with Gasteiger partial charge in [0.25, 0.3) is 0 Å². The summed E-state index contributed by atoms with van der Waals surface area (Å²) in [5, 5.41) is 0. The maximum Gasteiger partial charge on any atom is -0.0351 e. The molecule has 332 valence electrons. The van der Waals surface area contributed by atoms with Crippen LogP contribution in [0.3, 0.4) is 0 Å². The van der Waals surface area contributed by atoms with Crippen molar-refractivity contribution >= 4 is 0 Å². The lowest BCUT2D eigenvalue weighted by Gasteiger charge is -2.05. The lowest BCUT2D eigenvalue weighted by Crippen LogP contribution is -1.85. The lowest BCUT2D eigenvalue weighted by atomic mass is 10.0. The molecule has 0 aliphatic carbocycles. The van der Waals surface area contributed by atoms with E-state index in [2.05, 4.69) is 50.3 Å². The minimum atomic E-state index is 1.27. The second-order valence-electron chi connectivity index (χ2n) is 18.3. The third kappa shape index (κ3) is 53.2. The van der Waals surface area contributed by atoms with E-state index in [4.69, 9.17) is 0 Å². The van der Waals surface area contributed by atoms with Crippen molar-refractivity contribution in [3.05, 3.63) is 36.5 Å². The van der Waals surface area contributed by atoms with Gasteiger partial charge in [-0.15, -0.1) is 0 Å². The molecule has 0 rings (SSSR count). The van der Waals surface area contributed by atoms with Gasteiger partial charge in [0.2, 0.25) is 0 Å². The normalized spacial score (nSPS) is 12.1. The van der Waals surface area contributed by atoms with Crippen molar-refractivity contribution in [1.82, 2.24) is 0 Å². The van der Waals surface area contributed by atoms with Crippen LogP contribution in [0.25, 0.3) is 0 Å². The van der Waals surface area contributed by atoms with Crippen molar-refractivity contribution in [1.29, 1.82) is 0 Å². The van der Waals surface area contributed by atoms with Crippen LogP contribution in [-0.2, 0) is 0 Å². The van der Waals surface area contributed by atoms with Crippen molar-refractivity contribution in [3.8, 4) is 0 Å². The molecule has 0 saturated carbocycles. The van der Waals surface area contributed by atoms with Crippen LogP contribution >= 0.6 is 0 Å². The fourth-order valence-electron chi connectivity index (χ4n) is 8.69. The Morgan fingerprint density at radius 2 is 0.250 bits per heavy atom. The lowest BCUT2D eigenvalue weighted by molar-refractivity contribution is 0.509. The van der Waals surface area contributed by atoms with E-state index in [0.717, 1.165) is 0 Å². The molecule has 0 aromatic carbocycles. The summed E-state index contributed by atoms with van der Waals surface area (Å²) in [5.74, 6) is 0. The van der Waals surface area contributed by atoms with Crippen molar-refractivity contribution in [2.45, 2.75) is 322 Å². The van der Waals surface area contributed by atoms with Gasteiger partial charge in [-0.25, -0.2) is 0 Å². The molecular weight excluding hydrogens is 673 g/mol. The number of hydrogen-bond acceptors (Lipinski definition) is 0. The number of unbranched alkanes of at least 4 members (excludes halogenated alkanes) is 46. The van der Waals surface area contributed by atoms with E-state index in [-0.39, 0.29) is 0 Å². The highest BCUT2D eigenvalue weighted by Crippen LogP contribution is 2.18. The molecule has 0 amide bonds. The van der Waals surface area contributed by atoms with Crippen molar-refractivity contribution < 1.29 is 0 Å². The Labute approximate surface area is 357 Å². The zero-order valence-electron chi connectivity index (χ0n) is 39.4. The highest BCUT2D eigenvalue weighted by molar-refractivity contribution is 4.81. The fraction of sp³-hybridized carbons (Fsp3) is 0.893. The second-order valence-corrected chi connectivity index (χ2v) is 18.3. The van der Waals surface area contributed by atoms with E-state index >= 15 is 0 Å². The average molecular weight is 781 g/mol. The quantitative estimate of drug-likeness (QED) is 0.0426. The number of hydrogen-bond donors (Lipinski definition) is 0. The molecule has 0 N–H and O–H groups in total. The molecule has 0 aromatic heterocycles. The summed E-state index contributed by atoms with van der Waals surface area (Å²) in [5.41, 5.74) is 0. The molecule has 0 heteroatoms. The first-order chi connectivity index (χ1) is 27.9. The van der Waals surface area contributed by atoms with Crippen LogP contribution in [0, 0.1) is 0 Å². The second kappa shape index (κ2) is 54.2. The largest absolute Gasteiger partial charge is 0.0917 e. The van der Waals surface area contributed by atoms with Gasteiger partial charge < -0.3 is 0 Å². The standard InChI is InChI=1S/C56H108/c1-3-5-7-9-11-13-15-17-19-21-23-25-27-29-31-33-35-37-39-41-43-45-47-49-51-53-55-56-54-52-50-48-46-44-42-40-38-36-34-32-30-28-26-24-22-20-18-16-14-12-10-8-6-4-2/h3-6,19,21H,7-18,20,22-56H2,1-2H3. The van der Waals surface area contributed by atoms with Crippen molar-refractivity contribution in [2.24, 2.45) is 0 Å². The summed E-state index contributed by atoms with van der Waals surface area (Å²) < 4.78 is 0. The third-order valence-corrected chi connectivity index (χ3v) is 12.6. The Hall–Kier alpha value is -0.780. The highest BCUT2D eigenvalue weighted by Gasteiger charge is 1.98. The van der Waals surface area contributed by atoms with Gasteiger partial charge in [-0.3, -0.25) is 0 Å². The van der Waals surface area contributed by atoms with Gasteiger partial charge in [0.05, 0.1) is 0 Å².